The molecule has 5 heteroatoms. The highest BCUT2D eigenvalue weighted by Crippen LogP contribution is 2.35. The first-order valence-electron chi connectivity index (χ1n) is 8.72. The highest BCUT2D eigenvalue weighted by atomic mass is 35.5. The molecule has 2 N–H and O–H groups in total. The summed E-state index contributed by atoms with van der Waals surface area (Å²) in [6, 6.07) is 6.03. The van der Waals surface area contributed by atoms with Crippen molar-refractivity contribution in [3.63, 3.8) is 0 Å². The van der Waals surface area contributed by atoms with Gasteiger partial charge in [0.2, 0.25) is 5.88 Å². The quantitative estimate of drug-likeness (QED) is 0.678. The van der Waals surface area contributed by atoms with Gasteiger partial charge >= 0.3 is 0 Å². The predicted octanol–water partition coefficient (Wildman–Crippen LogP) is 5.55. The molecule has 1 aromatic heterocycles. The fraction of sp³-hybridized carbons (Fsp3) is 0.450. The number of aromatic nitrogens is 1. The van der Waals surface area contributed by atoms with Gasteiger partial charge in [0.25, 0.3) is 0 Å². The van der Waals surface area contributed by atoms with Gasteiger partial charge in [0, 0.05) is 22.4 Å². The van der Waals surface area contributed by atoms with Gasteiger partial charge in [0.15, 0.2) is 0 Å². The molecular weight excluding hydrogens is 336 g/mol. The van der Waals surface area contributed by atoms with E-state index in [2.05, 4.69) is 24.1 Å². The second-order valence-electron chi connectivity index (χ2n) is 6.38. The van der Waals surface area contributed by atoms with E-state index in [4.69, 9.17) is 16.3 Å². The van der Waals surface area contributed by atoms with Gasteiger partial charge < -0.3 is 15.2 Å². The molecule has 4 nitrogen and oxygen atoms in total. The van der Waals surface area contributed by atoms with Gasteiger partial charge in [-0.05, 0) is 62.9 Å². The summed E-state index contributed by atoms with van der Waals surface area (Å²) in [5.41, 5.74) is 4.26. The molecule has 2 rings (SSSR count). The van der Waals surface area contributed by atoms with Gasteiger partial charge in [-0.3, -0.25) is 0 Å². The van der Waals surface area contributed by atoms with Crippen LogP contribution in [-0.4, -0.2) is 16.1 Å². The van der Waals surface area contributed by atoms with E-state index in [1.807, 2.05) is 39.0 Å². The number of aryl methyl sites for hydroxylation is 3. The number of aliphatic hydroxyl groups excluding tert-OH is 1. The number of aliphatic hydroxyl groups is 1. The van der Waals surface area contributed by atoms with Crippen LogP contribution in [0.5, 0.6) is 11.6 Å². The molecule has 1 heterocycles. The predicted molar refractivity (Wildman–Crippen MR) is 104 cm³/mol. The van der Waals surface area contributed by atoms with E-state index in [1.54, 1.807) is 0 Å². The van der Waals surface area contributed by atoms with Gasteiger partial charge in [-0.1, -0.05) is 25.4 Å². The van der Waals surface area contributed by atoms with Crippen molar-refractivity contribution < 1.29 is 9.84 Å². The highest BCUT2D eigenvalue weighted by Gasteiger charge is 2.17. The maximum atomic E-state index is 9.93. The average Bonchev–Trinajstić information content (AvgIpc) is 2.55. The molecule has 0 amide bonds. The summed E-state index contributed by atoms with van der Waals surface area (Å²) in [5, 5.41) is 14.1. The standard InChI is InChI=1S/C20H27ClN2O2/c1-6-16(7-2)23-18-10-14(5)22-20(17(18)11-24)25-19-12(3)8-15(21)9-13(19)4/h8-10,16,24H,6-7,11H2,1-5H3,(H,22,23). The number of rotatable bonds is 7. The number of halogens is 1. The fourth-order valence-electron chi connectivity index (χ4n) is 2.90. The summed E-state index contributed by atoms with van der Waals surface area (Å²) in [6.45, 7) is 9.97. The molecule has 0 bridgehead atoms. The number of hydrogen-bond acceptors (Lipinski definition) is 4. The topological polar surface area (TPSA) is 54.4 Å². The number of hydrogen-bond donors (Lipinski definition) is 2. The van der Waals surface area contributed by atoms with E-state index in [9.17, 15) is 5.11 Å². The highest BCUT2D eigenvalue weighted by molar-refractivity contribution is 6.30. The molecule has 0 aliphatic carbocycles. The van der Waals surface area contributed by atoms with Crippen LogP contribution in [0.15, 0.2) is 18.2 Å². The third-order valence-corrected chi connectivity index (χ3v) is 4.56. The van der Waals surface area contributed by atoms with E-state index in [1.165, 1.54) is 0 Å². The molecule has 25 heavy (non-hydrogen) atoms. The zero-order valence-electron chi connectivity index (χ0n) is 15.6. The van der Waals surface area contributed by atoms with E-state index in [0.29, 0.717) is 22.5 Å². The van der Waals surface area contributed by atoms with Crippen LogP contribution in [0.2, 0.25) is 5.02 Å². The Hall–Kier alpha value is -1.78. The SMILES string of the molecule is CCC(CC)Nc1cc(C)nc(Oc2c(C)cc(Cl)cc2C)c1CO. The summed E-state index contributed by atoms with van der Waals surface area (Å²) in [5.74, 6) is 1.16. The molecule has 0 saturated carbocycles. The summed E-state index contributed by atoms with van der Waals surface area (Å²) in [6.07, 6.45) is 2.02. The molecule has 0 spiro atoms. The van der Waals surface area contributed by atoms with E-state index < -0.39 is 0 Å². The second-order valence-corrected chi connectivity index (χ2v) is 6.82. The van der Waals surface area contributed by atoms with Crippen LogP contribution in [0.3, 0.4) is 0 Å². The van der Waals surface area contributed by atoms with Crippen molar-refractivity contribution in [1.29, 1.82) is 0 Å². The molecule has 0 aliphatic heterocycles. The Balaban J connectivity index is 2.46. The van der Waals surface area contributed by atoms with Gasteiger partial charge in [0.05, 0.1) is 12.2 Å². The first-order valence-corrected chi connectivity index (χ1v) is 9.09. The largest absolute Gasteiger partial charge is 0.438 e. The van der Waals surface area contributed by atoms with E-state index >= 15 is 0 Å². The van der Waals surface area contributed by atoms with Crippen LogP contribution < -0.4 is 10.1 Å². The smallest absolute Gasteiger partial charge is 0.227 e. The summed E-state index contributed by atoms with van der Waals surface area (Å²) in [7, 11) is 0. The maximum Gasteiger partial charge on any atom is 0.227 e. The number of ether oxygens (including phenoxy) is 1. The summed E-state index contributed by atoms with van der Waals surface area (Å²) >= 11 is 6.10. The molecule has 0 aliphatic rings. The monoisotopic (exact) mass is 362 g/mol. The lowest BCUT2D eigenvalue weighted by atomic mass is 10.1. The normalized spacial score (nSPS) is 11.0. The molecule has 0 saturated heterocycles. The van der Waals surface area contributed by atoms with Crippen LogP contribution in [-0.2, 0) is 6.61 Å². The Bertz CT molecular complexity index is 720. The Morgan fingerprint density at radius 3 is 2.24 bits per heavy atom. The summed E-state index contributed by atoms with van der Waals surface area (Å²) < 4.78 is 6.12. The van der Waals surface area contributed by atoms with Crippen molar-refractivity contribution in [2.75, 3.05) is 5.32 Å². The number of nitrogens with zero attached hydrogens (tertiary/aromatic N) is 1. The van der Waals surface area contributed by atoms with Crippen molar-refractivity contribution >= 4 is 17.3 Å². The van der Waals surface area contributed by atoms with E-state index in [0.717, 1.165) is 41.1 Å². The van der Waals surface area contributed by atoms with Crippen LogP contribution in [0, 0.1) is 20.8 Å². The van der Waals surface area contributed by atoms with Gasteiger partial charge in [-0.25, -0.2) is 4.98 Å². The third kappa shape index (κ3) is 4.65. The lowest BCUT2D eigenvalue weighted by molar-refractivity contribution is 0.275. The zero-order chi connectivity index (χ0) is 18.6. The zero-order valence-corrected chi connectivity index (χ0v) is 16.4. The lowest BCUT2D eigenvalue weighted by Crippen LogP contribution is -2.18. The van der Waals surface area contributed by atoms with Crippen molar-refractivity contribution in [3.8, 4) is 11.6 Å². The minimum absolute atomic E-state index is 0.142. The minimum Gasteiger partial charge on any atom is -0.438 e. The fourth-order valence-corrected chi connectivity index (χ4v) is 3.23. The molecule has 0 atom stereocenters. The van der Waals surface area contributed by atoms with Crippen LogP contribution >= 0.6 is 11.6 Å². The van der Waals surface area contributed by atoms with Crippen LogP contribution in [0.4, 0.5) is 5.69 Å². The first kappa shape index (κ1) is 19.5. The Morgan fingerprint density at radius 2 is 1.72 bits per heavy atom. The Labute approximate surface area is 155 Å². The number of pyridine rings is 1. The molecule has 0 fully saturated rings. The lowest BCUT2D eigenvalue weighted by Gasteiger charge is -2.21. The van der Waals surface area contributed by atoms with Crippen LogP contribution in [0.25, 0.3) is 0 Å². The third-order valence-electron chi connectivity index (χ3n) is 4.34. The summed E-state index contributed by atoms with van der Waals surface area (Å²) in [4.78, 5) is 4.51. The minimum atomic E-state index is -0.142. The average molecular weight is 363 g/mol. The molecular formula is C20H27ClN2O2. The molecule has 0 radical (unpaired) electrons. The van der Waals surface area contributed by atoms with Crippen molar-refractivity contribution in [2.24, 2.45) is 0 Å². The molecule has 136 valence electrons. The van der Waals surface area contributed by atoms with Gasteiger partial charge in [-0.2, -0.15) is 0 Å². The Morgan fingerprint density at radius 1 is 1.12 bits per heavy atom. The molecule has 1 aromatic carbocycles. The number of benzene rings is 1. The maximum absolute atomic E-state index is 9.93. The van der Waals surface area contributed by atoms with Crippen LogP contribution in [0.1, 0.15) is 49.1 Å². The molecule has 0 unspecified atom stereocenters. The van der Waals surface area contributed by atoms with Crippen molar-refractivity contribution in [3.05, 3.63) is 45.6 Å². The first-order chi connectivity index (χ1) is 11.9. The van der Waals surface area contributed by atoms with Crippen molar-refractivity contribution in [1.82, 2.24) is 4.98 Å². The number of anilines is 1. The van der Waals surface area contributed by atoms with Gasteiger partial charge in [-0.15, -0.1) is 0 Å². The van der Waals surface area contributed by atoms with Gasteiger partial charge in [0.1, 0.15) is 5.75 Å². The second kappa shape index (κ2) is 8.54. The van der Waals surface area contributed by atoms with Crippen molar-refractivity contribution in [2.45, 2.75) is 60.1 Å². The molecule has 2 aromatic rings. The Kier molecular flexibility index (Phi) is 6.68. The van der Waals surface area contributed by atoms with E-state index in [-0.39, 0.29) is 6.61 Å². The number of nitrogens with one attached hydrogen (secondary N) is 1.